The third-order valence-electron chi connectivity index (χ3n) is 3.66. The normalized spacial score (nSPS) is 11.5. The molecule has 0 amide bonds. The maximum absolute atomic E-state index is 13.2. The minimum Gasteiger partial charge on any atom is -0.469 e. The molecule has 0 saturated heterocycles. The summed E-state index contributed by atoms with van der Waals surface area (Å²) < 4.78 is 31.0. The van der Waals surface area contributed by atoms with Crippen molar-refractivity contribution < 1.29 is 17.9 Å². The first kappa shape index (κ1) is 19.8. The van der Waals surface area contributed by atoms with Crippen molar-refractivity contribution in [2.75, 3.05) is 19.1 Å². The van der Waals surface area contributed by atoms with Crippen molar-refractivity contribution in [1.82, 2.24) is 9.97 Å². The quantitative estimate of drug-likeness (QED) is 0.353. The van der Waals surface area contributed by atoms with Gasteiger partial charge in [-0.05, 0) is 23.8 Å². The van der Waals surface area contributed by atoms with Crippen molar-refractivity contribution in [3.63, 3.8) is 0 Å². The summed E-state index contributed by atoms with van der Waals surface area (Å²) in [4.78, 5) is 21.1. The van der Waals surface area contributed by atoms with E-state index < -0.39 is 15.8 Å². The van der Waals surface area contributed by atoms with Gasteiger partial charge >= 0.3 is 5.97 Å². The molecule has 142 valence electrons. The van der Waals surface area contributed by atoms with Crippen LogP contribution < -0.4 is 5.73 Å². The Balaban J connectivity index is 2.05. The van der Waals surface area contributed by atoms with Gasteiger partial charge in [0.1, 0.15) is 4.90 Å². The molecule has 2 N–H and O–H groups in total. The van der Waals surface area contributed by atoms with Gasteiger partial charge in [-0.1, -0.05) is 11.8 Å². The number of thiophene rings is 2. The van der Waals surface area contributed by atoms with Crippen LogP contribution in [0.4, 0.5) is 5.69 Å². The number of nitrogens with two attached hydrogens (primary N) is 1. The molecular weight excluding hydrogens is 426 g/mol. The molecule has 0 aromatic carbocycles. The SMILES string of the molecule is COC(=O)Cc1scc(S(=O)(=O)c2ccsc2-c2ccnc(SC)n2)c1N. The molecule has 27 heavy (non-hydrogen) atoms. The highest BCUT2D eigenvalue weighted by Gasteiger charge is 2.28. The predicted octanol–water partition coefficient (Wildman–Crippen LogP) is 3.12. The van der Waals surface area contributed by atoms with Crippen LogP contribution in [0.3, 0.4) is 0 Å². The molecule has 0 spiro atoms. The van der Waals surface area contributed by atoms with Crippen LogP contribution in [-0.2, 0) is 25.8 Å². The molecule has 3 aromatic heterocycles. The van der Waals surface area contributed by atoms with Gasteiger partial charge in [0.15, 0.2) is 5.16 Å². The standard InChI is InChI=1S/C16H15N3O4S4/c1-23-13(20)7-10-14(17)12(8-26-10)27(21,22)11-4-6-25-15(11)9-3-5-18-16(19-9)24-2/h3-6,8H,7,17H2,1-2H3. The molecule has 3 heterocycles. The zero-order valence-corrected chi connectivity index (χ0v) is 17.6. The highest BCUT2D eigenvalue weighted by molar-refractivity contribution is 7.98. The summed E-state index contributed by atoms with van der Waals surface area (Å²) in [6.07, 6.45) is 3.37. The lowest BCUT2D eigenvalue weighted by atomic mass is 10.3. The first-order valence-corrected chi connectivity index (χ1v) is 12.0. The number of ether oxygens (including phenoxy) is 1. The summed E-state index contributed by atoms with van der Waals surface area (Å²) in [6.45, 7) is 0. The Morgan fingerprint density at radius 2 is 2.07 bits per heavy atom. The van der Waals surface area contributed by atoms with Crippen molar-refractivity contribution >= 4 is 55.9 Å². The number of aromatic nitrogens is 2. The fourth-order valence-corrected chi connectivity index (χ4v) is 6.77. The third kappa shape index (κ3) is 3.86. The number of rotatable bonds is 6. The topological polar surface area (TPSA) is 112 Å². The lowest BCUT2D eigenvalue weighted by Crippen LogP contribution is -2.07. The van der Waals surface area contributed by atoms with Gasteiger partial charge < -0.3 is 10.5 Å². The monoisotopic (exact) mass is 441 g/mol. The highest BCUT2D eigenvalue weighted by atomic mass is 32.2. The summed E-state index contributed by atoms with van der Waals surface area (Å²) >= 11 is 3.78. The maximum Gasteiger partial charge on any atom is 0.310 e. The van der Waals surface area contributed by atoms with Crippen LogP contribution in [0.1, 0.15) is 4.88 Å². The summed E-state index contributed by atoms with van der Waals surface area (Å²) in [6, 6.07) is 3.21. The van der Waals surface area contributed by atoms with Crippen LogP contribution >= 0.6 is 34.4 Å². The van der Waals surface area contributed by atoms with Gasteiger partial charge in [-0.3, -0.25) is 4.79 Å². The largest absolute Gasteiger partial charge is 0.469 e. The lowest BCUT2D eigenvalue weighted by molar-refractivity contribution is -0.139. The van der Waals surface area contributed by atoms with Crippen LogP contribution in [0.2, 0.25) is 0 Å². The van der Waals surface area contributed by atoms with Gasteiger partial charge in [-0.15, -0.1) is 22.7 Å². The van der Waals surface area contributed by atoms with E-state index in [1.54, 1.807) is 17.6 Å². The first-order chi connectivity index (χ1) is 12.9. The Morgan fingerprint density at radius 3 is 2.78 bits per heavy atom. The number of carbonyl (C=O) groups excluding carboxylic acids is 1. The van der Waals surface area contributed by atoms with E-state index in [2.05, 4.69) is 14.7 Å². The van der Waals surface area contributed by atoms with Gasteiger partial charge in [-0.25, -0.2) is 18.4 Å². The number of methoxy groups -OCH3 is 1. The predicted molar refractivity (Wildman–Crippen MR) is 107 cm³/mol. The Hall–Kier alpha value is -1.95. The molecule has 0 radical (unpaired) electrons. The second kappa shape index (κ2) is 7.97. The number of hydrogen-bond acceptors (Lipinski definition) is 10. The average Bonchev–Trinajstić information content (AvgIpc) is 3.30. The van der Waals surface area contributed by atoms with Crippen molar-refractivity contribution in [2.45, 2.75) is 21.4 Å². The first-order valence-electron chi connectivity index (χ1n) is 7.51. The molecule has 0 aliphatic heterocycles. The number of esters is 1. The van der Waals surface area contributed by atoms with Crippen LogP contribution in [-0.4, -0.2) is 37.7 Å². The third-order valence-corrected chi connectivity index (χ3v) is 8.28. The number of nitrogens with zero attached hydrogens (tertiary/aromatic N) is 2. The number of sulfone groups is 1. The molecule has 0 aliphatic rings. The van der Waals surface area contributed by atoms with Crippen molar-refractivity contribution in [3.05, 3.63) is 34.0 Å². The summed E-state index contributed by atoms with van der Waals surface area (Å²) in [5.74, 6) is -0.477. The average molecular weight is 442 g/mol. The Labute approximate surface area is 168 Å². The summed E-state index contributed by atoms with van der Waals surface area (Å²) in [5.41, 5.74) is 6.64. The van der Waals surface area contributed by atoms with Gasteiger partial charge in [-0.2, -0.15) is 0 Å². The molecule has 0 fully saturated rings. The molecule has 0 aliphatic carbocycles. The Bertz CT molecular complexity index is 1090. The van der Waals surface area contributed by atoms with E-state index in [4.69, 9.17) is 5.73 Å². The van der Waals surface area contributed by atoms with Crippen molar-refractivity contribution in [2.24, 2.45) is 0 Å². The summed E-state index contributed by atoms with van der Waals surface area (Å²) in [7, 11) is -2.60. The van der Waals surface area contributed by atoms with E-state index in [0.29, 0.717) is 20.6 Å². The van der Waals surface area contributed by atoms with E-state index >= 15 is 0 Å². The van der Waals surface area contributed by atoms with Crippen LogP contribution in [0.5, 0.6) is 0 Å². The fourth-order valence-electron chi connectivity index (χ4n) is 2.32. The lowest BCUT2D eigenvalue weighted by Gasteiger charge is -2.07. The second-order valence-corrected chi connectivity index (χ2v) is 9.78. The van der Waals surface area contributed by atoms with Gasteiger partial charge in [0, 0.05) is 16.5 Å². The van der Waals surface area contributed by atoms with E-state index in [0.717, 1.165) is 11.3 Å². The van der Waals surface area contributed by atoms with Crippen LogP contribution in [0.15, 0.2) is 44.0 Å². The van der Waals surface area contributed by atoms with E-state index in [1.807, 2.05) is 6.26 Å². The van der Waals surface area contributed by atoms with Crippen LogP contribution in [0.25, 0.3) is 10.6 Å². The van der Waals surface area contributed by atoms with Crippen molar-refractivity contribution in [1.29, 1.82) is 0 Å². The second-order valence-electron chi connectivity index (χ2n) is 5.24. The molecule has 0 atom stereocenters. The molecule has 3 aromatic rings. The number of thioether (sulfide) groups is 1. The van der Waals surface area contributed by atoms with Gasteiger partial charge in [0.05, 0.1) is 34.7 Å². The molecule has 0 unspecified atom stereocenters. The molecular formula is C16H15N3O4S4. The number of carbonyl (C=O) groups is 1. The van der Waals surface area contributed by atoms with E-state index in [9.17, 15) is 13.2 Å². The Kier molecular flexibility index (Phi) is 5.84. The zero-order chi connectivity index (χ0) is 19.6. The maximum atomic E-state index is 13.2. The molecule has 3 rings (SSSR count). The number of anilines is 1. The number of hydrogen-bond donors (Lipinski definition) is 1. The van der Waals surface area contributed by atoms with E-state index in [-0.39, 0.29) is 21.9 Å². The minimum atomic E-state index is -3.87. The van der Waals surface area contributed by atoms with Crippen molar-refractivity contribution in [3.8, 4) is 10.6 Å². The smallest absolute Gasteiger partial charge is 0.310 e. The van der Waals surface area contributed by atoms with Gasteiger partial charge in [0.25, 0.3) is 0 Å². The summed E-state index contributed by atoms with van der Waals surface area (Å²) in [5, 5.41) is 3.71. The molecule has 0 saturated carbocycles. The number of nitrogen functional groups attached to an aromatic ring is 1. The molecule has 0 bridgehead atoms. The molecule has 7 nitrogen and oxygen atoms in total. The van der Waals surface area contributed by atoms with E-state index in [1.165, 1.54) is 41.7 Å². The molecule has 11 heteroatoms. The fraction of sp³-hybridized carbons (Fsp3) is 0.188. The minimum absolute atomic E-state index is 0.00907. The highest BCUT2D eigenvalue weighted by Crippen LogP contribution is 2.39. The van der Waals surface area contributed by atoms with Crippen LogP contribution in [0, 0.1) is 0 Å². The zero-order valence-electron chi connectivity index (χ0n) is 14.3. The van der Waals surface area contributed by atoms with Gasteiger partial charge in [0.2, 0.25) is 9.84 Å². The Morgan fingerprint density at radius 1 is 1.30 bits per heavy atom.